The molecular weight excluding hydrogens is 519 g/mol. The van der Waals surface area contributed by atoms with E-state index in [0.717, 1.165) is 4.68 Å². The minimum Gasteiger partial charge on any atom is -0.261 e. The third kappa shape index (κ3) is 6.68. The Morgan fingerprint density at radius 3 is 1.89 bits per heavy atom. The summed E-state index contributed by atoms with van der Waals surface area (Å²) < 4.78 is 86.2. The van der Waals surface area contributed by atoms with Crippen molar-refractivity contribution in [1.29, 1.82) is 0 Å². The molecule has 0 fully saturated rings. The Bertz CT molecular complexity index is 1540. The van der Waals surface area contributed by atoms with Crippen LogP contribution in [-0.4, -0.2) is 31.5 Å². The summed E-state index contributed by atoms with van der Waals surface area (Å²) in [5, 5.41) is 4.83. The number of nitrogens with zero attached hydrogens (tertiary/aromatic N) is 3. The smallest absolute Gasteiger partial charge is 0.261 e. The number of aryl methyl sites for hydroxylation is 1. The predicted molar refractivity (Wildman–Crippen MR) is 126 cm³/mol. The SMILES string of the molecule is Cc1ncccc1-c1nc(C(F)(F)F)cn1NS(=O)(=O)c1ccccc1.NS(=O)(=O)c1ccccc1. The molecule has 0 aliphatic heterocycles. The van der Waals surface area contributed by atoms with Gasteiger partial charge in [0, 0.05) is 17.5 Å². The highest BCUT2D eigenvalue weighted by Crippen LogP contribution is 2.31. The maximum absolute atomic E-state index is 13.1. The van der Waals surface area contributed by atoms with E-state index < -0.39 is 31.9 Å². The molecular formula is C22H20F3N5O4S2. The van der Waals surface area contributed by atoms with Crippen LogP contribution >= 0.6 is 0 Å². The van der Waals surface area contributed by atoms with Gasteiger partial charge >= 0.3 is 6.18 Å². The summed E-state index contributed by atoms with van der Waals surface area (Å²) in [6.07, 6.45) is -2.65. The predicted octanol–water partition coefficient (Wildman–Crippen LogP) is 3.54. The van der Waals surface area contributed by atoms with Crippen LogP contribution in [-0.2, 0) is 26.2 Å². The summed E-state index contributed by atoms with van der Waals surface area (Å²) in [4.78, 5) is 9.75. The third-order valence-electron chi connectivity index (χ3n) is 4.59. The number of imidazole rings is 1. The lowest BCUT2D eigenvalue weighted by molar-refractivity contribution is -0.140. The Morgan fingerprint density at radius 1 is 0.861 bits per heavy atom. The van der Waals surface area contributed by atoms with Crippen molar-refractivity contribution in [2.75, 3.05) is 4.83 Å². The molecule has 0 saturated carbocycles. The average molecular weight is 540 g/mol. The topological polar surface area (TPSA) is 137 Å². The summed E-state index contributed by atoms with van der Waals surface area (Å²) in [6.45, 7) is 1.59. The molecule has 0 aliphatic carbocycles. The summed E-state index contributed by atoms with van der Waals surface area (Å²) in [5.41, 5.74) is -0.530. The molecule has 0 aliphatic rings. The molecule has 0 spiro atoms. The van der Waals surface area contributed by atoms with Crippen LogP contribution in [0.3, 0.4) is 0 Å². The van der Waals surface area contributed by atoms with Crippen LogP contribution < -0.4 is 9.97 Å². The standard InChI is InChI=1S/C16H13F3N4O2S.C6H7NO2S/c1-11-13(8-5-9-20-11)15-21-14(16(17,18)19)10-23(15)22-26(24,25)12-6-3-2-4-7-12;7-10(8,9)6-4-2-1-3-5-6/h2-10,22H,1H3;1-5H,(H2,7,8,9). The third-order valence-corrected chi connectivity index (χ3v) is 6.85. The van der Waals surface area contributed by atoms with Gasteiger partial charge in [0.15, 0.2) is 11.5 Å². The molecule has 0 radical (unpaired) electrons. The van der Waals surface area contributed by atoms with E-state index in [1.165, 1.54) is 54.7 Å². The minimum atomic E-state index is -4.73. The highest BCUT2D eigenvalue weighted by atomic mass is 32.2. The Kier molecular flexibility index (Phi) is 7.81. The van der Waals surface area contributed by atoms with E-state index in [-0.39, 0.29) is 21.2 Å². The monoisotopic (exact) mass is 539 g/mol. The summed E-state index contributed by atoms with van der Waals surface area (Å²) in [7, 11) is -7.61. The van der Waals surface area contributed by atoms with Gasteiger partial charge in [-0.15, -0.1) is 0 Å². The summed E-state index contributed by atoms with van der Waals surface area (Å²) in [5.74, 6) is -0.206. The molecule has 0 atom stereocenters. The first kappa shape index (κ1) is 26.8. The van der Waals surface area contributed by atoms with Gasteiger partial charge in [0.05, 0.1) is 16.0 Å². The highest BCUT2D eigenvalue weighted by Gasteiger charge is 2.36. The van der Waals surface area contributed by atoms with Gasteiger partial charge in [-0.1, -0.05) is 36.4 Å². The van der Waals surface area contributed by atoms with Crippen molar-refractivity contribution in [3.8, 4) is 11.4 Å². The number of nitrogens with two attached hydrogens (primary N) is 1. The second-order valence-electron chi connectivity index (χ2n) is 7.22. The number of pyridine rings is 1. The zero-order valence-electron chi connectivity index (χ0n) is 18.6. The van der Waals surface area contributed by atoms with E-state index >= 15 is 0 Å². The number of hydrogen-bond acceptors (Lipinski definition) is 6. The van der Waals surface area contributed by atoms with Crippen LogP contribution in [0.4, 0.5) is 13.2 Å². The molecule has 0 amide bonds. The number of primary sulfonamides is 1. The van der Waals surface area contributed by atoms with Crippen molar-refractivity contribution in [2.24, 2.45) is 5.14 Å². The van der Waals surface area contributed by atoms with Crippen molar-refractivity contribution in [3.05, 3.63) is 96.6 Å². The number of halogens is 3. The van der Waals surface area contributed by atoms with Crippen molar-refractivity contribution in [2.45, 2.75) is 22.9 Å². The molecule has 4 aromatic rings. The van der Waals surface area contributed by atoms with Crippen LogP contribution in [0.2, 0.25) is 0 Å². The second-order valence-corrected chi connectivity index (χ2v) is 10.4. The van der Waals surface area contributed by atoms with Crippen molar-refractivity contribution in [1.82, 2.24) is 14.6 Å². The first-order valence-corrected chi connectivity index (χ1v) is 13.1. The highest BCUT2D eigenvalue weighted by molar-refractivity contribution is 7.92. The zero-order chi connectivity index (χ0) is 26.6. The van der Waals surface area contributed by atoms with Gasteiger partial charge < -0.3 is 0 Å². The molecule has 190 valence electrons. The van der Waals surface area contributed by atoms with E-state index in [1.54, 1.807) is 31.2 Å². The first-order valence-electron chi connectivity index (χ1n) is 10.0. The molecule has 0 bridgehead atoms. The quantitative estimate of drug-likeness (QED) is 0.398. The summed E-state index contributed by atoms with van der Waals surface area (Å²) >= 11 is 0. The Hall–Kier alpha value is -3.75. The van der Waals surface area contributed by atoms with Gasteiger partial charge in [0.2, 0.25) is 10.0 Å². The molecule has 0 unspecified atom stereocenters. The lowest BCUT2D eigenvalue weighted by Gasteiger charge is -2.12. The number of benzene rings is 2. The molecule has 2 aromatic heterocycles. The maximum Gasteiger partial charge on any atom is 0.434 e. The van der Waals surface area contributed by atoms with Gasteiger partial charge in [0.1, 0.15) is 0 Å². The van der Waals surface area contributed by atoms with E-state index in [4.69, 9.17) is 5.14 Å². The van der Waals surface area contributed by atoms with Crippen LogP contribution in [0, 0.1) is 6.92 Å². The molecule has 36 heavy (non-hydrogen) atoms. The number of sulfonamides is 2. The van der Waals surface area contributed by atoms with Gasteiger partial charge in [0.25, 0.3) is 10.0 Å². The lowest BCUT2D eigenvalue weighted by atomic mass is 10.2. The minimum absolute atomic E-state index is 0.0869. The maximum atomic E-state index is 13.1. The van der Waals surface area contributed by atoms with Crippen molar-refractivity contribution in [3.63, 3.8) is 0 Å². The van der Waals surface area contributed by atoms with Gasteiger partial charge in [-0.25, -0.2) is 28.0 Å². The molecule has 4 rings (SSSR count). The second kappa shape index (κ2) is 10.5. The van der Waals surface area contributed by atoms with E-state index in [0.29, 0.717) is 11.9 Å². The zero-order valence-corrected chi connectivity index (χ0v) is 20.2. The number of rotatable bonds is 5. The van der Waals surface area contributed by atoms with Crippen molar-refractivity contribution < 1.29 is 30.0 Å². The Balaban J connectivity index is 0.000000303. The molecule has 3 N–H and O–H groups in total. The Labute approximate surface area is 205 Å². The molecule has 14 heteroatoms. The molecule has 2 aromatic carbocycles. The average Bonchev–Trinajstić information content (AvgIpc) is 3.24. The fourth-order valence-corrected chi connectivity index (χ4v) is 4.44. The van der Waals surface area contributed by atoms with Crippen LogP contribution in [0.15, 0.2) is 95.0 Å². The van der Waals surface area contributed by atoms with Gasteiger partial charge in [-0.3, -0.25) is 4.98 Å². The first-order chi connectivity index (χ1) is 16.8. The van der Waals surface area contributed by atoms with E-state index in [9.17, 15) is 30.0 Å². The van der Waals surface area contributed by atoms with Crippen molar-refractivity contribution >= 4 is 20.0 Å². The number of hydrogen-bond donors (Lipinski definition) is 2. The van der Waals surface area contributed by atoms with Crippen LogP contribution in [0.5, 0.6) is 0 Å². The normalized spacial score (nSPS) is 11.9. The van der Waals surface area contributed by atoms with E-state index in [1.807, 2.05) is 0 Å². The van der Waals surface area contributed by atoms with E-state index in [2.05, 4.69) is 14.8 Å². The largest absolute Gasteiger partial charge is 0.434 e. The number of alkyl halides is 3. The van der Waals surface area contributed by atoms with Crippen LogP contribution in [0.25, 0.3) is 11.4 Å². The summed E-state index contributed by atoms with van der Waals surface area (Å²) in [6, 6.07) is 18.2. The van der Waals surface area contributed by atoms with Gasteiger partial charge in [-0.05, 0) is 43.3 Å². The lowest BCUT2D eigenvalue weighted by Crippen LogP contribution is -2.23. The molecule has 0 saturated heterocycles. The fourth-order valence-electron chi connectivity index (χ4n) is 2.89. The molecule has 2 heterocycles. The van der Waals surface area contributed by atoms with Gasteiger partial charge in [-0.2, -0.15) is 21.6 Å². The Morgan fingerprint density at radius 2 is 1.42 bits per heavy atom. The number of aromatic nitrogens is 3. The number of nitrogens with one attached hydrogen (secondary N) is 1. The fraction of sp³-hybridized carbons (Fsp3) is 0.0909. The molecule has 9 nitrogen and oxygen atoms in total. The van der Waals surface area contributed by atoms with Crippen LogP contribution in [0.1, 0.15) is 11.4 Å².